The van der Waals surface area contributed by atoms with Crippen LogP contribution in [-0.2, 0) is 11.3 Å². The number of nitrogens with zero attached hydrogens (tertiary/aromatic N) is 2. The molecule has 0 aromatic carbocycles. The van der Waals surface area contributed by atoms with Gasteiger partial charge >= 0.3 is 5.97 Å². The quantitative estimate of drug-likeness (QED) is 0.706. The van der Waals surface area contributed by atoms with E-state index in [9.17, 15) is 4.79 Å². The number of carbonyl (C=O) groups is 1. The van der Waals surface area contributed by atoms with Crippen molar-refractivity contribution in [2.75, 3.05) is 7.05 Å². The van der Waals surface area contributed by atoms with Gasteiger partial charge in [0.2, 0.25) is 0 Å². The number of likely N-dealkylation sites (N-methyl/N-ethyl adjacent to an activating group) is 1. The van der Waals surface area contributed by atoms with E-state index in [0.29, 0.717) is 6.42 Å². The molecule has 96 valence electrons. The molecular weight excluding hydrogens is 218 g/mol. The van der Waals surface area contributed by atoms with Gasteiger partial charge in [-0.3, -0.25) is 9.48 Å². The highest BCUT2D eigenvalue weighted by Gasteiger charge is 2.29. The Kier molecular flexibility index (Phi) is 4.69. The molecule has 1 heterocycles. The van der Waals surface area contributed by atoms with Crippen LogP contribution < -0.4 is 5.32 Å². The molecule has 0 amide bonds. The molecule has 5 nitrogen and oxygen atoms in total. The first-order chi connectivity index (χ1) is 7.98. The molecule has 0 spiro atoms. The van der Waals surface area contributed by atoms with Crippen LogP contribution in [0.15, 0.2) is 12.4 Å². The first-order valence-corrected chi connectivity index (χ1v) is 5.89. The van der Waals surface area contributed by atoms with Crippen molar-refractivity contribution in [3.8, 4) is 0 Å². The number of rotatable bonds is 7. The standard InChI is InChI=1S/C12H21N3O2/c1-10-8-14-15(9-10)7-5-4-6-12(2,13-3)11(16)17/h8-9,13H,4-7H2,1-3H3,(H,16,17). The fourth-order valence-corrected chi connectivity index (χ4v) is 1.68. The van der Waals surface area contributed by atoms with Crippen LogP contribution in [0.2, 0.25) is 0 Å². The Labute approximate surface area is 102 Å². The van der Waals surface area contributed by atoms with Crippen molar-refractivity contribution in [1.82, 2.24) is 15.1 Å². The van der Waals surface area contributed by atoms with Crippen LogP contribution in [-0.4, -0.2) is 33.4 Å². The zero-order valence-corrected chi connectivity index (χ0v) is 10.7. The van der Waals surface area contributed by atoms with Gasteiger partial charge in [0.25, 0.3) is 0 Å². The molecule has 0 bridgehead atoms. The lowest BCUT2D eigenvalue weighted by Crippen LogP contribution is -2.47. The Morgan fingerprint density at radius 3 is 2.76 bits per heavy atom. The van der Waals surface area contributed by atoms with Crippen molar-refractivity contribution < 1.29 is 9.90 Å². The van der Waals surface area contributed by atoms with Gasteiger partial charge in [-0.25, -0.2) is 0 Å². The van der Waals surface area contributed by atoms with E-state index in [1.165, 1.54) is 0 Å². The molecule has 1 aromatic heterocycles. The molecule has 0 fully saturated rings. The lowest BCUT2D eigenvalue weighted by atomic mass is 9.95. The van der Waals surface area contributed by atoms with Crippen LogP contribution in [0, 0.1) is 6.92 Å². The van der Waals surface area contributed by atoms with E-state index in [1.54, 1.807) is 14.0 Å². The molecule has 0 aliphatic rings. The minimum atomic E-state index is -0.819. The lowest BCUT2D eigenvalue weighted by Gasteiger charge is -2.23. The van der Waals surface area contributed by atoms with Gasteiger partial charge in [-0.05, 0) is 45.7 Å². The summed E-state index contributed by atoms with van der Waals surface area (Å²) in [6.07, 6.45) is 6.25. The molecule has 0 radical (unpaired) electrons. The molecule has 17 heavy (non-hydrogen) atoms. The zero-order valence-electron chi connectivity index (χ0n) is 10.7. The number of hydrogen-bond acceptors (Lipinski definition) is 3. The monoisotopic (exact) mass is 239 g/mol. The highest BCUT2D eigenvalue weighted by Crippen LogP contribution is 2.14. The van der Waals surface area contributed by atoms with Crippen molar-refractivity contribution in [3.63, 3.8) is 0 Å². The predicted octanol–water partition coefficient (Wildman–Crippen LogP) is 1.42. The van der Waals surface area contributed by atoms with Crippen molar-refractivity contribution in [1.29, 1.82) is 0 Å². The lowest BCUT2D eigenvalue weighted by molar-refractivity contribution is -0.144. The van der Waals surface area contributed by atoms with Crippen LogP contribution in [0.3, 0.4) is 0 Å². The summed E-state index contributed by atoms with van der Waals surface area (Å²) in [5.74, 6) is -0.796. The van der Waals surface area contributed by atoms with Gasteiger partial charge in [-0.1, -0.05) is 0 Å². The van der Waals surface area contributed by atoms with Crippen LogP contribution in [0.4, 0.5) is 0 Å². The minimum absolute atomic E-state index is 0.624. The SMILES string of the molecule is CNC(C)(CCCCn1cc(C)cn1)C(=O)O. The third kappa shape index (κ3) is 3.85. The largest absolute Gasteiger partial charge is 0.480 e. The van der Waals surface area contributed by atoms with E-state index in [4.69, 9.17) is 5.11 Å². The van der Waals surface area contributed by atoms with Crippen molar-refractivity contribution in [2.24, 2.45) is 0 Å². The smallest absolute Gasteiger partial charge is 0.323 e. The fourth-order valence-electron chi connectivity index (χ4n) is 1.68. The Morgan fingerprint density at radius 2 is 2.29 bits per heavy atom. The molecule has 1 unspecified atom stereocenters. The molecule has 2 N–H and O–H groups in total. The topological polar surface area (TPSA) is 67.2 Å². The van der Waals surface area contributed by atoms with E-state index >= 15 is 0 Å². The molecule has 1 aromatic rings. The Hall–Kier alpha value is -1.36. The second kappa shape index (κ2) is 5.82. The van der Waals surface area contributed by atoms with Gasteiger partial charge in [0.1, 0.15) is 5.54 Å². The van der Waals surface area contributed by atoms with Gasteiger partial charge < -0.3 is 10.4 Å². The van der Waals surface area contributed by atoms with Crippen LogP contribution in [0.1, 0.15) is 31.7 Å². The number of carboxylic acid groups (broad SMARTS) is 1. The maximum Gasteiger partial charge on any atom is 0.323 e. The molecule has 5 heteroatoms. The van der Waals surface area contributed by atoms with E-state index < -0.39 is 11.5 Å². The van der Waals surface area contributed by atoms with Gasteiger partial charge in [0, 0.05) is 12.7 Å². The highest BCUT2D eigenvalue weighted by atomic mass is 16.4. The van der Waals surface area contributed by atoms with Crippen LogP contribution in [0.5, 0.6) is 0 Å². The van der Waals surface area contributed by atoms with E-state index in [1.807, 2.05) is 24.0 Å². The molecule has 0 aliphatic carbocycles. The van der Waals surface area contributed by atoms with E-state index in [-0.39, 0.29) is 0 Å². The average Bonchev–Trinajstić information content (AvgIpc) is 2.70. The highest BCUT2D eigenvalue weighted by molar-refractivity contribution is 5.78. The normalized spacial score (nSPS) is 14.5. The third-order valence-electron chi connectivity index (χ3n) is 3.10. The summed E-state index contributed by atoms with van der Waals surface area (Å²) in [4.78, 5) is 11.0. The predicted molar refractivity (Wildman–Crippen MR) is 65.9 cm³/mol. The van der Waals surface area contributed by atoms with Gasteiger partial charge in [-0.2, -0.15) is 5.10 Å². The van der Waals surface area contributed by atoms with Crippen molar-refractivity contribution in [2.45, 2.75) is 45.2 Å². The summed E-state index contributed by atoms with van der Waals surface area (Å²) in [6, 6.07) is 0. The molecule has 0 saturated heterocycles. The van der Waals surface area contributed by atoms with Crippen LogP contribution in [0.25, 0.3) is 0 Å². The van der Waals surface area contributed by atoms with Crippen molar-refractivity contribution >= 4 is 5.97 Å². The molecule has 1 rings (SSSR count). The minimum Gasteiger partial charge on any atom is -0.480 e. The Morgan fingerprint density at radius 1 is 1.59 bits per heavy atom. The number of aryl methyl sites for hydroxylation is 2. The van der Waals surface area contributed by atoms with Crippen LogP contribution >= 0.6 is 0 Å². The summed E-state index contributed by atoms with van der Waals surface area (Å²) in [6.45, 7) is 4.56. The summed E-state index contributed by atoms with van der Waals surface area (Å²) in [5.41, 5.74) is 0.329. The fraction of sp³-hybridized carbons (Fsp3) is 0.667. The second-order valence-corrected chi connectivity index (χ2v) is 4.63. The first-order valence-electron chi connectivity index (χ1n) is 5.89. The van der Waals surface area contributed by atoms with Gasteiger partial charge in [0.05, 0.1) is 6.20 Å². The van der Waals surface area contributed by atoms with E-state index in [0.717, 1.165) is 24.9 Å². The zero-order chi connectivity index (χ0) is 12.9. The molecular formula is C12H21N3O2. The molecule has 1 atom stereocenters. The number of aliphatic carboxylic acids is 1. The van der Waals surface area contributed by atoms with E-state index in [2.05, 4.69) is 10.4 Å². The summed E-state index contributed by atoms with van der Waals surface area (Å²) >= 11 is 0. The summed E-state index contributed by atoms with van der Waals surface area (Å²) in [5, 5.41) is 16.1. The molecule has 0 aliphatic heterocycles. The molecule has 0 saturated carbocycles. The summed E-state index contributed by atoms with van der Waals surface area (Å²) < 4.78 is 1.90. The number of hydrogen-bond donors (Lipinski definition) is 2. The Balaban J connectivity index is 2.30. The van der Waals surface area contributed by atoms with Gasteiger partial charge in [0.15, 0.2) is 0 Å². The second-order valence-electron chi connectivity index (χ2n) is 4.63. The number of unbranched alkanes of at least 4 members (excludes halogenated alkanes) is 1. The number of nitrogens with one attached hydrogen (secondary N) is 1. The average molecular weight is 239 g/mol. The Bertz CT molecular complexity index is 376. The third-order valence-corrected chi connectivity index (χ3v) is 3.10. The number of carboxylic acids is 1. The first kappa shape index (κ1) is 13.7. The van der Waals surface area contributed by atoms with Gasteiger partial charge in [-0.15, -0.1) is 0 Å². The maximum atomic E-state index is 11.0. The number of aromatic nitrogens is 2. The summed E-state index contributed by atoms with van der Waals surface area (Å²) in [7, 11) is 1.69. The maximum absolute atomic E-state index is 11.0. The van der Waals surface area contributed by atoms with Crippen molar-refractivity contribution in [3.05, 3.63) is 18.0 Å².